The fraction of sp³-hybridized carbons (Fsp3) is 0.500. The molecule has 3 heterocycles. The minimum Gasteiger partial charge on any atom is -0.369 e. The Kier molecular flexibility index (Phi) is 6.68. The maximum atomic E-state index is 15.2. The molecule has 1 aromatic heterocycles. The molecule has 11 heteroatoms. The molecule has 2 saturated heterocycles. The van der Waals surface area contributed by atoms with Crippen LogP contribution in [0.5, 0.6) is 0 Å². The van der Waals surface area contributed by atoms with Gasteiger partial charge in [-0.05, 0) is 56.0 Å². The highest BCUT2D eigenvalue weighted by molar-refractivity contribution is 5.75. The summed E-state index contributed by atoms with van der Waals surface area (Å²) in [7, 11) is 0. The predicted molar refractivity (Wildman–Crippen MR) is 115 cm³/mol. The highest BCUT2D eigenvalue weighted by Gasteiger charge is 2.35. The van der Waals surface area contributed by atoms with E-state index in [0.29, 0.717) is 31.0 Å². The molecule has 4 rings (SSSR count). The van der Waals surface area contributed by atoms with E-state index < -0.39 is 17.6 Å². The minimum absolute atomic E-state index is 0.109. The molecule has 2 aliphatic rings. The quantitative estimate of drug-likeness (QED) is 0.610. The lowest BCUT2D eigenvalue weighted by molar-refractivity contribution is -0.137. The van der Waals surface area contributed by atoms with Gasteiger partial charge >= 0.3 is 6.18 Å². The summed E-state index contributed by atoms with van der Waals surface area (Å²) in [5, 5.41) is 3.07. The lowest BCUT2D eigenvalue weighted by Crippen LogP contribution is -2.42. The van der Waals surface area contributed by atoms with Crippen LogP contribution in [0.3, 0.4) is 0 Å². The Hall–Kier alpha value is -2.95. The van der Waals surface area contributed by atoms with Gasteiger partial charge in [0, 0.05) is 13.1 Å². The summed E-state index contributed by atoms with van der Waals surface area (Å²) in [6.07, 6.45) is -0.681. The molecule has 33 heavy (non-hydrogen) atoms. The van der Waals surface area contributed by atoms with Crippen molar-refractivity contribution >= 4 is 17.5 Å². The van der Waals surface area contributed by atoms with Gasteiger partial charge in [-0.1, -0.05) is 12.1 Å². The molecular formula is C22H26F4N6O. The van der Waals surface area contributed by atoms with Crippen molar-refractivity contribution in [1.82, 2.24) is 14.9 Å². The van der Waals surface area contributed by atoms with Crippen molar-refractivity contribution in [2.45, 2.75) is 31.5 Å². The number of aromatic nitrogens is 2. The summed E-state index contributed by atoms with van der Waals surface area (Å²) in [6, 6.07) is 4.72. The Morgan fingerprint density at radius 1 is 1.09 bits per heavy atom. The van der Waals surface area contributed by atoms with Crippen LogP contribution in [-0.2, 0) is 11.0 Å². The van der Waals surface area contributed by atoms with Gasteiger partial charge in [-0.25, -0.2) is 9.97 Å². The van der Waals surface area contributed by atoms with Gasteiger partial charge in [0.2, 0.25) is 11.7 Å². The predicted octanol–water partition coefficient (Wildman–Crippen LogP) is 3.20. The number of hydrogen-bond donors (Lipinski definition) is 2. The highest BCUT2D eigenvalue weighted by Crippen LogP contribution is 2.39. The third kappa shape index (κ3) is 5.35. The molecule has 0 saturated carbocycles. The van der Waals surface area contributed by atoms with E-state index in [2.05, 4.69) is 15.3 Å². The van der Waals surface area contributed by atoms with Crippen LogP contribution in [0.1, 0.15) is 36.4 Å². The standard InChI is InChI=1S/C22H26F4N6O/c23-19-20(28-11-14-5-8-31(9-6-14)12-18(27)33)29-13-30-21(19)32-10-7-17(32)15-1-3-16(4-2-15)22(24,25)26/h1-4,13-14,17H,5-12H2,(H2,27,33)(H,28,29,30)/t17-/m0/s1. The molecule has 2 aromatic rings. The first kappa shape index (κ1) is 23.2. The molecule has 0 spiro atoms. The molecule has 178 valence electrons. The molecule has 3 N–H and O–H groups in total. The summed E-state index contributed by atoms with van der Waals surface area (Å²) < 4.78 is 53.7. The first-order valence-electron chi connectivity index (χ1n) is 10.9. The number of amides is 1. The number of likely N-dealkylation sites (tertiary alicyclic amines) is 1. The number of primary amides is 1. The average Bonchev–Trinajstić information content (AvgIpc) is 2.74. The van der Waals surface area contributed by atoms with Gasteiger partial charge in [0.05, 0.1) is 18.2 Å². The average molecular weight is 466 g/mol. The molecule has 1 aromatic carbocycles. The van der Waals surface area contributed by atoms with E-state index in [1.165, 1.54) is 18.5 Å². The van der Waals surface area contributed by atoms with Gasteiger partial charge in [-0.2, -0.15) is 17.6 Å². The Bertz CT molecular complexity index is 976. The fourth-order valence-corrected chi connectivity index (χ4v) is 4.38. The molecular weight excluding hydrogens is 440 g/mol. The van der Waals surface area contributed by atoms with E-state index >= 15 is 4.39 Å². The van der Waals surface area contributed by atoms with Crippen LogP contribution >= 0.6 is 0 Å². The highest BCUT2D eigenvalue weighted by atomic mass is 19.4. The summed E-state index contributed by atoms with van der Waals surface area (Å²) >= 11 is 0. The number of nitrogens with two attached hydrogens (primary N) is 1. The van der Waals surface area contributed by atoms with Crippen molar-refractivity contribution in [2.24, 2.45) is 11.7 Å². The number of halogens is 4. The zero-order valence-electron chi connectivity index (χ0n) is 18.0. The number of carbonyl (C=O) groups excluding carboxylic acids is 1. The van der Waals surface area contributed by atoms with Crippen molar-refractivity contribution in [3.63, 3.8) is 0 Å². The minimum atomic E-state index is -4.39. The molecule has 2 fully saturated rings. The summed E-state index contributed by atoms with van der Waals surface area (Å²) in [6.45, 7) is 2.86. The van der Waals surface area contributed by atoms with Crippen LogP contribution < -0.4 is 16.0 Å². The Balaban J connectivity index is 1.38. The van der Waals surface area contributed by atoms with Crippen molar-refractivity contribution in [1.29, 1.82) is 0 Å². The Labute approximate surface area is 189 Å². The van der Waals surface area contributed by atoms with Gasteiger partial charge in [-0.3, -0.25) is 9.69 Å². The van der Waals surface area contributed by atoms with Gasteiger partial charge < -0.3 is 16.0 Å². The number of benzene rings is 1. The molecule has 1 atom stereocenters. The fourth-order valence-electron chi connectivity index (χ4n) is 4.38. The number of nitrogens with zero attached hydrogens (tertiary/aromatic N) is 4. The van der Waals surface area contributed by atoms with E-state index in [1.54, 1.807) is 4.90 Å². The number of carbonyl (C=O) groups is 1. The van der Waals surface area contributed by atoms with Crippen molar-refractivity contribution in [3.05, 3.63) is 47.5 Å². The van der Waals surface area contributed by atoms with Crippen LogP contribution in [0.25, 0.3) is 0 Å². The smallest absolute Gasteiger partial charge is 0.369 e. The topological polar surface area (TPSA) is 87.4 Å². The van der Waals surface area contributed by atoms with Crippen molar-refractivity contribution in [3.8, 4) is 0 Å². The summed E-state index contributed by atoms with van der Waals surface area (Å²) in [5.41, 5.74) is 5.21. The monoisotopic (exact) mass is 466 g/mol. The van der Waals surface area contributed by atoms with Crippen LogP contribution in [0.15, 0.2) is 30.6 Å². The van der Waals surface area contributed by atoms with E-state index in [4.69, 9.17) is 5.73 Å². The van der Waals surface area contributed by atoms with Crippen molar-refractivity contribution < 1.29 is 22.4 Å². The molecule has 2 aliphatic heterocycles. The maximum Gasteiger partial charge on any atom is 0.416 e. The zero-order chi connectivity index (χ0) is 23.6. The molecule has 1 amide bonds. The number of hydrogen-bond acceptors (Lipinski definition) is 6. The van der Waals surface area contributed by atoms with Gasteiger partial charge in [0.15, 0.2) is 11.6 Å². The van der Waals surface area contributed by atoms with E-state index in [0.717, 1.165) is 38.1 Å². The number of nitrogens with one attached hydrogen (secondary N) is 1. The van der Waals surface area contributed by atoms with E-state index in [9.17, 15) is 18.0 Å². The number of rotatable bonds is 7. The molecule has 0 radical (unpaired) electrons. The SMILES string of the molecule is NC(=O)CN1CCC(CNc2ncnc(N3CC[C@H]3c3ccc(C(F)(F)F)cc3)c2F)CC1. The summed E-state index contributed by atoms with van der Waals surface area (Å²) in [5.74, 6) is -0.351. The number of piperidine rings is 1. The third-order valence-corrected chi connectivity index (χ3v) is 6.33. The summed E-state index contributed by atoms with van der Waals surface area (Å²) in [4.78, 5) is 22.9. The number of alkyl halides is 3. The van der Waals surface area contributed by atoms with Crippen LogP contribution in [0, 0.1) is 11.7 Å². The Morgan fingerprint density at radius 2 is 1.79 bits per heavy atom. The maximum absolute atomic E-state index is 15.2. The zero-order valence-corrected chi connectivity index (χ0v) is 18.0. The van der Waals surface area contributed by atoms with E-state index in [-0.39, 0.29) is 30.1 Å². The normalized spacial score (nSPS) is 19.9. The largest absolute Gasteiger partial charge is 0.416 e. The van der Waals surface area contributed by atoms with Crippen LogP contribution in [0.2, 0.25) is 0 Å². The lowest BCUT2D eigenvalue weighted by atomic mass is 9.94. The third-order valence-electron chi connectivity index (χ3n) is 6.33. The van der Waals surface area contributed by atoms with Crippen LogP contribution in [0.4, 0.5) is 29.2 Å². The second-order valence-corrected chi connectivity index (χ2v) is 8.54. The van der Waals surface area contributed by atoms with Crippen LogP contribution in [-0.4, -0.2) is 53.5 Å². The van der Waals surface area contributed by atoms with E-state index in [1.807, 2.05) is 4.90 Å². The molecule has 0 bridgehead atoms. The molecule has 0 unspecified atom stereocenters. The van der Waals surface area contributed by atoms with Gasteiger partial charge in [0.1, 0.15) is 6.33 Å². The first-order chi connectivity index (χ1) is 15.7. The second-order valence-electron chi connectivity index (χ2n) is 8.54. The molecule has 0 aliphatic carbocycles. The molecule has 7 nitrogen and oxygen atoms in total. The lowest BCUT2D eigenvalue weighted by Gasteiger charge is -2.42. The second kappa shape index (κ2) is 9.50. The first-order valence-corrected chi connectivity index (χ1v) is 10.9. The van der Waals surface area contributed by atoms with Gasteiger partial charge in [0.25, 0.3) is 0 Å². The Morgan fingerprint density at radius 3 is 2.36 bits per heavy atom. The number of anilines is 2. The van der Waals surface area contributed by atoms with Gasteiger partial charge in [-0.15, -0.1) is 0 Å². The van der Waals surface area contributed by atoms with Crippen molar-refractivity contribution in [2.75, 3.05) is 42.9 Å².